The Morgan fingerprint density at radius 1 is 1.36 bits per heavy atom. The van der Waals surface area contributed by atoms with Crippen molar-refractivity contribution >= 4 is 21.6 Å². The highest BCUT2D eigenvalue weighted by Crippen LogP contribution is 2.34. The third-order valence-corrected chi connectivity index (χ3v) is 3.60. The molecule has 0 unspecified atom stereocenters. The first-order valence-corrected chi connectivity index (χ1v) is 7.04. The van der Waals surface area contributed by atoms with Crippen LogP contribution in [0.3, 0.4) is 0 Å². The van der Waals surface area contributed by atoms with E-state index in [-0.39, 0.29) is 11.1 Å². The molecule has 0 bridgehead atoms. The molecule has 0 fully saturated rings. The lowest BCUT2D eigenvalue weighted by Crippen LogP contribution is -2.28. The van der Waals surface area contributed by atoms with Crippen molar-refractivity contribution in [3.05, 3.63) is 33.4 Å². The minimum absolute atomic E-state index is 0.143. The second kappa shape index (κ2) is 5.91. The highest BCUT2D eigenvalue weighted by molar-refractivity contribution is 7.88. The summed E-state index contributed by atoms with van der Waals surface area (Å²) in [6.07, 6.45) is -0.504. The van der Waals surface area contributed by atoms with E-state index in [0.29, 0.717) is 6.07 Å². The van der Waals surface area contributed by atoms with Gasteiger partial charge in [-0.2, -0.15) is 21.6 Å². The molecule has 0 aliphatic heterocycles. The summed E-state index contributed by atoms with van der Waals surface area (Å²) in [6, 6.07) is 1.52. The molecule has 0 aliphatic carbocycles. The van der Waals surface area contributed by atoms with Crippen LogP contribution >= 0.6 is 0 Å². The summed E-state index contributed by atoms with van der Waals surface area (Å²) in [7, 11) is -5.94. The lowest BCUT2D eigenvalue weighted by Gasteiger charge is -2.14. The summed E-state index contributed by atoms with van der Waals surface area (Å²) in [4.78, 5) is 21.2. The van der Waals surface area contributed by atoms with Gasteiger partial charge < -0.3 is 4.18 Å². The van der Waals surface area contributed by atoms with Crippen molar-refractivity contribution in [2.75, 3.05) is 0 Å². The largest absolute Gasteiger partial charge is 0.534 e. The number of ketones is 1. The normalized spacial score (nSPS) is 12.0. The maximum absolute atomic E-state index is 12.3. The topological polar surface area (TPSA) is 104 Å². The van der Waals surface area contributed by atoms with E-state index < -0.39 is 44.2 Å². The van der Waals surface area contributed by atoms with Crippen LogP contribution < -0.4 is 4.18 Å². The van der Waals surface area contributed by atoms with Gasteiger partial charge in [-0.1, -0.05) is 0 Å². The van der Waals surface area contributed by atoms with Gasteiger partial charge in [-0.05, 0) is 19.9 Å². The van der Waals surface area contributed by atoms with Crippen LogP contribution in [0.2, 0.25) is 0 Å². The molecule has 1 rings (SSSR count). The molecule has 0 heterocycles. The summed E-state index contributed by atoms with van der Waals surface area (Å²) in [6.45, 7) is 2.28. The van der Waals surface area contributed by atoms with Gasteiger partial charge >= 0.3 is 15.6 Å². The Kier molecular flexibility index (Phi) is 4.80. The fraction of sp³-hybridized carbons (Fsp3) is 0.364. The van der Waals surface area contributed by atoms with E-state index in [4.69, 9.17) is 0 Å². The summed E-state index contributed by atoms with van der Waals surface area (Å²) < 4.78 is 63.0. The zero-order chi connectivity index (χ0) is 17.3. The number of nitrogens with zero attached hydrogens (tertiary/aromatic N) is 1. The van der Waals surface area contributed by atoms with Crippen molar-refractivity contribution in [3.63, 3.8) is 0 Å². The van der Waals surface area contributed by atoms with Crippen LogP contribution in [-0.2, 0) is 21.3 Å². The standard InChI is InChI=1S/C11H10F3NO6S/c1-6(16)5-8-7(2)9(15(17)18)3-4-10(8)21-22(19,20)11(12,13)14/h3-4H,5H2,1-2H3. The van der Waals surface area contributed by atoms with Gasteiger partial charge in [0.1, 0.15) is 11.5 Å². The van der Waals surface area contributed by atoms with Crippen LogP contribution in [0.1, 0.15) is 18.1 Å². The third kappa shape index (κ3) is 3.72. The van der Waals surface area contributed by atoms with Crippen LogP contribution in [0, 0.1) is 17.0 Å². The van der Waals surface area contributed by atoms with Crippen LogP contribution in [0.4, 0.5) is 18.9 Å². The zero-order valence-electron chi connectivity index (χ0n) is 11.3. The van der Waals surface area contributed by atoms with Crippen LogP contribution in [0.25, 0.3) is 0 Å². The van der Waals surface area contributed by atoms with Crippen molar-refractivity contribution in [2.24, 2.45) is 0 Å². The van der Waals surface area contributed by atoms with Gasteiger partial charge in [0.15, 0.2) is 0 Å². The molecule has 0 saturated heterocycles. The van der Waals surface area contributed by atoms with Gasteiger partial charge in [0.05, 0.1) is 4.92 Å². The highest BCUT2D eigenvalue weighted by Gasteiger charge is 2.49. The first-order valence-electron chi connectivity index (χ1n) is 5.64. The van der Waals surface area contributed by atoms with Crippen molar-refractivity contribution in [2.45, 2.75) is 25.8 Å². The number of hydrogen-bond acceptors (Lipinski definition) is 6. The predicted octanol–water partition coefficient (Wildman–Crippen LogP) is 2.26. The SMILES string of the molecule is CC(=O)Cc1c(OS(=O)(=O)C(F)(F)F)ccc([N+](=O)[O-])c1C. The molecular weight excluding hydrogens is 331 g/mol. The quantitative estimate of drug-likeness (QED) is 0.352. The van der Waals surface area contributed by atoms with Gasteiger partial charge in [-0.3, -0.25) is 14.9 Å². The van der Waals surface area contributed by atoms with Gasteiger partial charge in [0.2, 0.25) is 0 Å². The molecule has 0 spiro atoms. The lowest BCUT2D eigenvalue weighted by molar-refractivity contribution is -0.385. The fourth-order valence-electron chi connectivity index (χ4n) is 1.63. The minimum atomic E-state index is -5.94. The monoisotopic (exact) mass is 341 g/mol. The second-order valence-corrected chi connectivity index (χ2v) is 5.84. The van der Waals surface area contributed by atoms with Crippen molar-refractivity contribution in [1.29, 1.82) is 0 Å². The smallest absolute Gasteiger partial charge is 0.376 e. The molecule has 0 radical (unpaired) electrons. The maximum Gasteiger partial charge on any atom is 0.534 e. The number of carbonyl (C=O) groups is 1. The molecule has 122 valence electrons. The van der Waals surface area contributed by atoms with Crippen LogP contribution in [0.5, 0.6) is 5.75 Å². The maximum atomic E-state index is 12.3. The first kappa shape index (κ1) is 17.9. The average Bonchev–Trinajstić information content (AvgIpc) is 2.31. The highest BCUT2D eigenvalue weighted by atomic mass is 32.2. The number of carbonyl (C=O) groups excluding carboxylic acids is 1. The van der Waals surface area contributed by atoms with E-state index >= 15 is 0 Å². The van der Waals surface area contributed by atoms with E-state index in [0.717, 1.165) is 13.0 Å². The van der Waals surface area contributed by atoms with E-state index in [1.807, 2.05) is 0 Å². The van der Waals surface area contributed by atoms with Crippen molar-refractivity contribution in [1.82, 2.24) is 0 Å². The molecule has 22 heavy (non-hydrogen) atoms. The Morgan fingerprint density at radius 3 is 2.32 bits per heavy atom. The average molecular weight is 341 g/mol. The molecule has 0 N–H and O–H groups in total. The Labute approximate surface area is 123 Å². The molecule has 1 aromatic rings. The molecule has 11 heteroatoms. The Morgan fingerprint density at radius 2 is 1.91 bits per heavy atom. The minimum Gasteiger partial charge on any atom is -0.376 e. The van der Waals surface area contributed by atoms with Crippen molar-refractivity contribution < 1.29 is 35.5 Å². The molecule has 1 aromatic carbocycles. The second-order valence-electron chi connectivity index (χ2n) is 4.31. The number of halogens is 3. The van der Waals surface area contributed by atoms with Gasteiger partial charge in [0.25, 0.3) is 5.69 Å². The molecule has 0 aromatic heterocycles. The fourth-order valence-corrected chi connectivity index (χ4v) is 2.12. The van der Waals surface area contributed by atoms with Crippen molar-refractivity contribution in [3.8, 4) is 5.75 Å². The van der Waals surface area contributed by atoms with Crippen LogP contribution in [0.15, 0.2) is 12.1 Å². The number of nitro benzene ring substituents is 1. The molecule has 0 atom stereocenters. The molecule has 0 amide bonds. The number of benzene rings is 1. The number of rotatable bonds is 5. The van der Waals surface area contributed by atoms with Gasteiger partial charge in [-0.25, -0.2) is 0 Å². The Hall–Kier alpha value is -2.17. The number of hydrogen-bond donors (Lipinski definition) is 0. The van der Waals surface area contributed by atoms with Gasteiger partial charge in [-0.15, -0.1) is 0 Å². The van der Waals surface area contributed by atoms with Crippen LogP contribution in [-0.4, -0.2) is 24.6 Å². The first-order chi connectivity index (χ1) is 9.86. The Balaban J connectivity index is 3.46. The predicted molar refractivity (Wildman–Crippen MR) is 67.8 cm³/mol. The summed E-state index contributed by atoms with van der Waals surface area (Å²) in [5.41, 5.74) is -6.55. The van der Waals surface area contributed by atoms with E-state index in [9.17, 15) is 36.5 Å². The van der Waals surface area contributed by atoms with E-state index in [2.05, 4.69) is 4.18 Å². The molecule has 0 aliphatic rings. The number of nitro groups is 1. The summed E-state index contributed by atoms with van der Waals surface area (Å²) >= 11 is 0. The number of Topliss-reactive ketones (excluding diaryl/α,β-unsaturated/α-hetero) is 1. The molecule has 7 nitrogen and oxygen atoms in total. The Bertz CT molecular complexity index is 726. The lowest BCUT2D eigenvalue weighted by atomic mass is 10.0. The van der Waals surface area contributed by atoms with Gasteiger partial charge in [0, 0.05) is 23.6 Å². The zero-order valence-corrected chi connectivity index (χ0v) is 12.1. The van der Waals surface area contributed by atoms with E-state index in [1.54, 1.807) is 0 Å². The summed E-state index contributed by atoms with van der Waals surface area (Å²) in [5.74, 6) is -1.30. The third-order valence-electron chi connectivity index (χ3n) is 2.63. The molecular formula is C11H10F3NO6S. The molecule has 0 saturated carbocycles. The number of alkyl halides is 3. The van der Waals surface area contributed by atoms with E-state index in [1.165, 1.54) is 6.92 Å². The summed E-state index contributed by atoms with van der Waals surface area (Å²) in [5, 5.41) is 10.8.